The van der Waals surface area contributed by atoms with Gasteiger partial charge in [-0.15, -0.1) is 11.3 Å². The fourth-order valence-electron chi connectivity index (χ4n) is 3.56. The van der Waals surface area contributed by atoms with Gasteiger partial charge in [0.25, 0.3) is 5.56 Å². The van der Waals surface area contributed by atoms with Gasteiger partial charge >= 0.3 is 0 Å². The van der Waals surface area contributed by atoms with Gasteiger partial charge in [0.2, 0.25) is 5.91 Å². The first-order chi connectivity index (χ1) is 13.2. The molecule has 2 aromatic heterocycles. The van der Waals surface area contributed by atoms with Crippen LogP contribution in [0.2, 0.25) is 0 Å². The predicted octanol–water partition coefficient (Wildman–Crippen LogP) is 3.19. The molecule has 1 fully saturated rings. The van der Waals surface area contributed by atoms with Crippen LogP contribution in [0, 0.1) is 0 Å². The van der Waals surface area contributed by atoms with Crippen molar-refractivity contribution >= 4 is 27.5 Å². The average Bonchev–Trinajstić information content (AvgIpc) is 3.34. The highest BCUT2D eigenvalue weighted by atomic mass is 32.1. The smallest absolute Gasteiger partial charge is 0.263 e. The maximum atomic E-state index is 13.0. The van der Waals surface area contributed by atoms with Crippen molar-refractivity contribution in [3.63, 3.8) is 0 Å². The van der Waals surface area contributed by atoms with Crippen LogP contribution in [0.15, 0.2) is 40.8 Å². The first kappa shape index (κ1) is 17.7. The lowest BCUT2D eigenvalue weighted by molar-refractivity contribution is -0.122. The van der Waals surface area contributed by atoms with Crippen LogP contribution in [-0.2, 0) is 11.3 Å². The number of rotatable bonds is 5. The van der Waals surface area contributed by atoms with E-state index in [0.717, 1.165) is 42.6 Å². The Labute approximate surface area is 160 Å². The van der Waals surface area contributed by atoms with E-state index in [1.165, 1.54) is 22.2 Å². The quantitative estimate of drug-likeness (QED) is 0.734. The fourth-order valence-corrected chi connectivity index (χ4v) is 4.47. The largest absolute Gasteiger partial charge is 0.497 e. The van der Waals surface area contributed by atoms with Gasteiger partial charge in [0.1, 0.15) is 17.1 Å². The van der Waals surface area contributed by atoms with Crippen LogP contribution in [0.4, 0.5) is 0 Å². The van der Waals surface area contributed by atoms with Crippen molar-refractivity contribution in [3.8, 4) is 16.9 Å². The van der Waals surface area contributed by atoms with Gasteiger partial charge in [-0.3, -0.25) is 14.2 Å². The third-order valence-corrected chi connectivity index (χ3v) is 5.88. The molecule has 1 N–H and O–H groups in total. The number of carbonyl (C=O) groups is 1. The summed E-state index contributed by atoms with van der Waals surface area (Å²) in [7, 11) is 1.62. The number of amides is 1. The normalized spacial score (nSPS) is 14.6. The maximum absolute atomic E-state index is 13.0. The Bertz CT molecular complexity index is 1020. The molecule has 4 rings (SSSR count). The monoisotopic (exact) mass is 383 g/mol. The van der Waals surface area contributed by atoms with Crippen molar-refractivity contribution in [2.45, 2.75) is 38.3 Å². The third-order valence-electron chi connectivity index (χ3n) is 5.00. The standard InChI is InChI=1S/C20H21N3O3S/c1-26-15-8-6-13(7-9-15)16-11-27-19-18(16)20(25)23(12-21-19)10-17(24)22-14-4-2-3-5-14/h6-9,11-12,14H,2-5,10H2,1H3,(H,22,24). The number of benzene rings is 1. The highest BCUT2D eigenvalue weighted by Crippen LogP contribution is 2.31. The first-order valence-corrected chi connectivity index (χ1v) is 9.94. The van der Waals surface area contributed by atoms with Crippen LogP contribution in [0.5, 0.6) is 5.75 Å². The van der Waals surface area contributed by atoms with Crippen LogP contribution >= 0.6 is 11.3 Å². The van der Waals surface area contributed by atoms with Crippen LogP contribution in [-0.4, -0.2) is 28.6 Å². The number of hydrogen-bond acceptors (Lipinski definition) is 5. The van der Waals surface area contributed by atoms with Gasteiger partial charge in [-0.2, -0.15) is 0 Å². The van der Waals surface area contributed by atoms with Gasteiger partial charge in [0.05, 0.1) is 18.8 Å². The fraction of sp³-hybridized carbons (Fsp3) is 0.350. The molecule has 3 aromatic rings. The maximum Gasteiger partial charge on any atom is 0.263 e. The molecule has 1 aliphatic carbocycles. The second-order valence-corrected chi connectivity index (χ2v) is 7.64. The van der Waals surface area contributed by atoms with Gasteiger partial charge in [0.15, 0.2) is 0 Å². The zero-order chi connectivity index (χ0) is 18.8. The van der Waals surface area contributed by atoms with Gasteiger partial charge in [0, 0.05) is 17.0 Å². The molecule has 0 atom stereocenters. The predicted molar refractivity (Wildman–Crippen MR) is 106 cm³/mol. The average molecular weight is 383 g/mol. The number of thiophene rings is 1. The number of aromatic nitrogens is 2. The van der Waals surface area contributed by atoms with E-state index in [4.69, 9.17) is 4.74 Å². The highest BCUT2D eigenvalue weighted by Gasteiger charge is 2.19. The molecule has 1 aliphatic rings. The summed E-state index contributed by atoms with van der Waals surface area (Å²) in [6.45, 7) is -0.00380. The second-order valence-electron chi connectivity index (χ2n) is 6.78. The molecule has 2 heterocycles. The van der Waals surface area contributed by atoms with E-state index >= 15 is 0 Å². The molecule has 1 aromatic carbocycles. The van der Waals surface area contributed by atoms with Crippen molar-refractivity contribution in [1.29, 1.82) is 0 Å². The van der Waals surface area contributed by atoms with E-state index in [1.54, 1.807) is 7.11 Å². The van der Waals surface area contributed by atoms with E-state index in [1.807, 2.05) is 29.6 Å². The molecule has 1 amide bonds. The van der Waals surface area contributed by atoms with E-state index in [0.29, 0.717) is 10.2 Å². The number of methoxy groups -OCH3 is 1. The summed E-state index contributed by atoms with van der Waals surface area (Å²) in [5.74, 6) is 0.629. The lowest BCUT2D eigenvalue weighted by Crippen LogP contribution is -2.37. The van der Waals surface area contributed by atoms with Crippen molar-refractivity contribution in [3.05, 3.63) is 46.3 Å². The number of carbonyl (C=O) groups excluding carboxylic acids is 1. The Hall–Kier alpha value is -2.67. The summed E-state index contributed by atoms with van der Waals surface area (Å²) in [5.41, 5.74) is 1.57. The molecule has 6 nitrogen and oxygen atoms in total. The summed E-state index contributed by atoms with van der Waals surface area (Å²) in [6.07, 6.45) is 5.80. The minimum absolute atomic E-state index is 0.00380. The Balaban J connectivity index is 1.64. The van der Waals surface area contributed by atoms with Crippen molar-refractivity contribution in [2.24, 2.45) is 0 Å². The first-order valence-electron chi connectivity index (χ1n) is 9.06. The van der Waals surface area contributed by atoms with Gasteiger partial charge in [-0.1, -0.05) is 25.0 Å². The van der Waals surface area contributed by atoms with Crippen LogP contribution < -0.4 is 15.6 Å². The van der Waals surface area contributed by atoms with Gasteiger partial charge in [-0.25, -0.2) is 4.98 Å². The molecular weight excluding hydrogens is 362 g/mol. The third kappa shape index (κ3) is 3.60. The highest BCUT2D eigenvalue weighted by molar-refractivity contribution is 7.17. The second kappa shape index (κ2) is 7.52. The molecule has 0 unspecified atom stereocenters. The number of fused-ring (bicyclic) bond motifs is 1. The Morgan fingerprint density at radius 3 is 2.74 bits per heavy atom. The number of nitrogens with one attached hydrogen (secondary N) is 1. The molecule has 0 saturated heterocycles. The molecule has 0 bridgehead atoms. The van der Waals surface area contributed by atoms with Crippen LogP contribution in [0.3, 0.4) is 0 Å². The summed E-state index contributed by atoms with van der Waals surface area (Å²) >= 11 is 1.43. The summed E-state index contributed by atoms with van der Waals surface area (Å²) in [5, 5.41) is 5.51. The number of nitrogens with zero attached hydrogens (tertiary/aromatic N) is 2. The van der Waals surface area contributed by atoms with Crippen LogP contribution in [0.1, 0.15) is 25.7 Å². The molecule has 0 spiro atoms. The molecule has 0 aliphatic heterocycles. The Morgan fingerprint density at radius 1 is 1.30 bits per heavy atom. The summed E-state index contributed by atoms with van der Waals surface area (Å²) in [4.78, 5) is 30.4. The molecule has 27 heavy (non-hydrogen) atoms. The SMILES string of the molecule is COc1ccc(-c2csc3ncn(CC(=O)NC4CCCC4)c(=O)c23)cc1. The molecule has 140 valence electrons. The van der Waals surface area contributed by atoms with Crippen LogP contribution in [0.25, 0.3) is 21.3 Å². The summed E-state index contributed by atoms with van der Waals surface area (Å²) < 4.78 is 6.59. The van der Waals surface area contributed by atoms with Crippen molar-refractivity contribution in [1.82, 2.24) is 14.9 Å². The Morgan fingerprint density at radius 2 is 2.04 bits per heavy atom. The lowest BCUT2D eigenvalue weighted by Gasteiger charge is -2.12. The molecule has 7 heteroatoms. The van der Waals surface area contributed by atoms with Gasteiger partial charge < -0.3 is 10.1 Å². The van der Waals surface area contributed by atoms with E-state index in [2.05, 4.69) is 10.3 Å². The van der Waals surface area contributed by atoms with E-state index in [-0.39, 0.29) is 24.1 Å². The minimum atomic E-state index is -0.186. The zero-order valence-corrected chi connectivity index (χ0v) is 15.9. The van der Waals surface area contributed by atoms with E-state index < -0.39 is 0 Å². The zero-order valence-electron chi connectivity index (χ0n) is 15.1. The molecular formula is C20H21N3O3S. The molecule has 0 radical (unpaired) electrons. The Kier molecular flexibility index (Phi) is 4.94. The number of ether oxygens (including phenoxy) is 1. The lowest BCUT2D eigenvalue weighted by atomic mass is 10.1. The number of hydrogen-bond donors (Lipinski definition) is 1. The molecule has 1 saturated carbocycles. The van der Waals surface area contributed by atoms with Crippen molar-refractivity contribution in [2.75, 3.05) is 7.11 Å². The minimum Gasteiger partial charge on any atom is -0.497 e. The van der Waals surface area contributed by atoms with Gasteiger partial charge in [-0.05, 0) is 30.5 Å². The summed E-state index contributed by atoms with van der Waals surface area (Å²) in [6, 6.07) is 7.81. The van der Waals surface area contributed by atoms with Crippen molar-refractivity contribution < 1.29 is 9.53 Å². The van der Waals surface area contributed by atoms with E-state index in [9.17, 15) is 9.59 Å². The topological polar surface area (TPSA) is 73.2 Å².